The van der Waals surface area contributed by atoms with Gasteiger partial charge in [-0.3, -0.25) is 14.6 Å². The fraction of sp³-hybridized carbons (Fsp3) is 0.615. The number of amides is 1. The number of anilines is 1. The van der Waals surface area contributed by atoms with Gasteiger partial charge in [-0.1, -0.05) is 36.7 Å². The van der Waals surface area contributed by atoms with E-state index in [-0.39, 0.29) is 5.92 Å². The lowest BCUT2D eigenvalue weighted by Crippen LogP contribution is -2.59. The average Bonchev–Trinajstić information content (AvgIpc) is 3.12. The van der Waals surface area contributed by atoms with Gasteiger partial charge in [-0.15, -0.1) is 0 Å². The van der Waals surface area contributed by atoms with Gasteiger partial charge < -0.3 is 14.4 Å². The summed E-state index contributed by atoms with van der Waals surface area (Å²) in [4.78, 5) is 21.2. The molecule has 11 heteroatoms. The van der Waals surface area contributed by atoms with Gasteiger partial charge in [0, 0.05) is 62.4 Å². The third kappa shape index (κ3) is 8.04. The van der Waals surface area contributed by atoms with Crippen LogP contribution in [0.4, 0.5) is 5.69 Å². The molecule has 0 radical (unpaired) electrons. The number of carbonyl (C=O) groups is 1. The van der Waals surface area contributed by atoms with Crippen molar-refractivity contribution in [1.82, 2.24) is 14.5 Å². The van der Waals surface area contributed by atoms with E-state index in [1.807, 2.05) is 37.3 Å². The lowest BCUT2D eigenvalue weighted by atomic mass is 9.66. The fourth-order valence-electron chi connectivity index (χ4n) is 8.61. The van der Waals surface area contributed by atoms with Crippen molar-refractivity contribution in [3.8, 4) is 5.75 Å². The number of rotatable bonds is 2. The van der Waals surface area contributed by atoms with Crippen molar-refractivity contribution in [2.45, 2.75) is 70.3 Å². The highest BCUT2D eigenvalue weighted by molar-refractivity contribution is 7.90. The molecule has 50 heavy (non-hydrogen) atoms. The number of benzene rings is 2. The van der Waals surface area contributed by atoms with Crippen LogP contribution in [0.25, 0.3) is 0 Å². The Labute approximate surface area is 303 Å². The summed E-state index contributed by atoms with van der Waals surface area (Å²) < 4.78 is 41.8. The molecule has 2 saturated heterocycles. The topological polar surface area (TPSA) is 91.4 Å². The zero-order chi connectivity index (χ0) is 34.8. The summed E-state index contributed by atoms with van der Waals surface area (Å²) in [7, 11) is -3.91. The van der Waals surface area contributed by atoms with E-state index >= 15 is 0 Å². The fourth-order valence-corrected chi connectivity index (χ4v) is 10.1. The van der Waals surface area contributed by atoms with Crippen molar-refractivity contribution in [1.29, 1.82) is 0 Å². The number of allylic oxidation sites excluding steroid dienone is 1. The Kier molecular flexibility index (Phi) is 11.1. The lowest BCUT2D eigenvalue weighted by Gasteiger charge is -2.48. The quantitative estimate of drug-likeness (QED) is 0.391. The molecule has 7 rings (SSSR count). The Hall–Kier alpha value is -2.63. The first kappa shape index (κ1) is 35.8. The number of nitrogens with one attached hydrogen (secondary N) is 1. The summed E-state index contributed by atoms with van der Waals surface area (Å²) in [6, 6.07) is 11.8. The summed E-state index contributed by atoms with van der Waals surface area (Å²) in [5.74, 6) is 1.35. The number of morpholine rings is 1. The predicted octanol–water partition coefficient (Wildman–Crippen LogP) is 5.76. The van der Waals surface area contributed by atoms with Crippen LogP contribution in [0.15, 0.2) is 48.6 Å². The summed E-state index contributed by atoms with van der Waals surface area (Å²) >= 11 is 6.39. The number of sulfonamides is 1. The highest BCUT2D eigenvalue weighted by atomic mass is 35.5. The van der Waals surface area contributed by atoms with Crippen LogP contribution in [0.2, 0.25) is 5.02 Å². The largest absolute Gasteiger partial charge is 0.487 e. The molecule has 1 amide bonds. The van der Waals surface area contributed by atoms with Crippen LogP contribution in [0.3, 0.4) is 0 Å². The maximum Gasteiger partial charge on any atom is 0.264 e. The minimum Gasteiger partial charge on any atom is -0.487 e. The third-order valence-electron chi connectivity index (χ3n) is 12.1. The molecule has 2 bridgehead atoms. The Morgan fingerprint density at radius 2 is 1.86 bits per heavy atom. The second-order valence-electron chi connectivity index (χ2n) is 15.3. The van der Waals surface area contributed by atoms with Crippen molar-refractivity contribution in [3.63, 3.8) is 0 Å². The third-order valence-corrected chi connectivity index (χ3v) is 14.3. The molecule has 1 N–H and O–H groups in total. The van der Waals surface area contributed by atoms with Crippen molar-refractivity contribution in [3.05, 3.63) is 70.3 Å². The average molecular weight is 725 g/mol. The van der Waals surface area contributed by atoms with Crippen molar-refractivity contribution in [2.75, 3.05) is 63.9 Å². The molecule has 2 aromatic carbocycles. The first-order valence-corrected chi connectivity index (χ1v) is 20.6. The maximum absolute atomic E-state index is 13.5. The number of halogens is 1. The van der Waals surface area contributed by atoms with Crippen LogP contribution in [0.1, 0.15) is 67.4 Å². The molecule has 4 heterocycles. The zero-order valence-electron chi connectivity index (χ0n) is 29.6. The minimum atomic E-state index is -3.91. The van der Waals surface area contributed by atoms with Gasteiger partial charge in [0.1, 0.15) is 12.4 Å². The number of fused-ring (bicyclic) bond motifs is 4. The monoisotopic (exact) mass is 724 g/mol. The molecule has 272 valence electrons. The molecular weight excluding hydrogens is 672 g/mol. The van der Waals surface area contributed by atoms with E-state index in [1.54, 1.807) is 13.0 Å². The molecule has 0 aromatic heterocycles. The van der Waals surface area contributed by atoms with E-state index in [9.17, 15) is 13.2 Å². The number of ether oxygens (including phenoxy) is 2. The predicted molar refractivity (Wildman–Crippen MR) is 198 cm³/mol. The lowest BCUT2D eigenvalue weighted by molar-refractivity contribution is -0.0492. The van der Waals surface area contributed by atoms with Crippen LogP contribution in [0.5, 0.6) is 5.75 Å². The molecule has 5 aliphatic rings. The molecule has 1 saturated carbocycles. The SMILES string of the molecule is C[C@@H]1[C@@H](C)C/C=C/[C@H](CN2CCN3CCOC[C@@H]3C2)[C@@H]2CC[C@H]2CN2CCCCc3cc(Cl)ccc3COc3ccc(cc32)C(=O)NS1(=O)=O. The molecule has 0 unspecified atom stereocenters. The van der Waals surface area contributed by atoms with E-state index in [4.69, 9.17) is 21.1 Å². The highest BCUT2D eigenvalue weighted by Gasteiger charge is 2.40. The number of hydrogen-bond donors (Lipinski definition) is 1. The van der Waals surface area contributed by atoms with Crippen LogP contribution in [-0.2, 0) is 27.8 Å². The van der Waals surface area contributed by atoms with Gasteiger partial charge in [0.15, 0.2) is 0 Å². The maximum atomic E-state index is 13.5. The van der Waals surface area contributed by atoms with Crippen molar-refractivity contribution in [2.24, 2.45) is 23.7 Å². The first-order valence-electron chi connectivity index (χ1n) is 18.7. The van der Waals surface area contributed by atoms with E-state index in [0.717, 1.165) is 94.6 Å². The molecule has 1 aliphatic carbocycles. The van der Waals surface area contributed by atoms with Gasteiger partial charge in [-0.05, 0) is 111 Å². The van der Waals surface area contributed by atoms with Crippen LogP contribution < -0.4 is 14.4 Å². The first-order chi connectivity index (χ1) is 24.1. The number of piperazine rings is 1. The van der Waals surface area contributed by atoms with Crippen molar-refractivity contribution < 1.29 is 22.7 Å². The van der Waals surface area contributed by atoms with E-state index in [1.165, 1.54) is 18.4 Å². The zero-order valence-corrected chi connectivity index (χ0v) is 31.1. The molecule has 2 aromatic rings. The second kappa shape index (κ2) is 15.5. The molecule has 4 aliphatic heterocycles. The van der Waals surface area contributed by atoms with Gasteiger partial charge in [0.25, 0.3) is 5.91 Å². The van der Waals surface area contributed by atoms with Gasteiger partial charge in [-0.25, -0.2) is 13.1 Å². The number of carbonyl (C=O) groups excluding carboxylic acids is 1. The van der Waals surface area contributed by atoms with E-state index < -0.39 is 21.2 Å². The van der Waals surface area contributed by atoms with Gasteiger partial charge in [0.05, 0.1) is 24.2 Å². The second-order valence-corrected chi connectivity index (χ2v) is 17.8. The van der Waals surface area contributed by atoms with Crippen LogP contribution in [-0.4, -0.2) is 94.4 Å². The van der Waals surface area contributed by atoms with Gasteiger partial charge >= 0.3 is 0 Å². The molecule has 6 atom stereocenters. The number of aryl methyl sites for hydroxylation is 1. The minimum absolute atomic E-state index is 0.153. The Morgan fingerprint density at radius 3 is 2.70 bits per heavy atom. The molecule has 0 spiro atoms. The number of nitrogens with zero attached hydrogens (tertiary/aromatic N) is 3. The highest BCUT2D eigenvalue weighted by Crippen LogP contribution is 2.43. The van der Waals surface area contributed by atoms with Crippen LogP contribution in [0, 0.1) is 23.7 Å². The Morgan fingerprint density at radius 1 is 0.980 bits per heavy atom. The summed E-state index contributed by atoms with van der Waals surface area (Å²) in [6.45, 7) is 12.6. The normalized spacial score (nSPS) is 31.7. The summed E-state index contributed by atoms with van der Waals surface area (Å²) in [5, 5.41) is -0.000417. The molecule has 9 nitrogen and oxygen atoms in total. The molecular formula is C39H53ClN4O5S. The van der Waals surface area contributed by atoms with E-state index in [2.05, 4.69) is 31.6 Å². The van der Waals surface area contributed by atoms with Crippen LogP contribution >= 0.6 is 11.6 Å². The molecule has 3 fully saturated rings. The standard InChI is InChI=1S/C39H53ClN4O5S/c1-27-6-5-8-31(22-42-16-17-43-18-19-48-26-35(43)24-42)36-13-10-32(36)23-44-15-4-3-7-29-20-34(40)12-9-33(29)25-49-38-14-11-30(21-37(38)44)39(45)41-50(46,47)28(27)2/h5,8-9,11-12,14,20-21,27-28,31-32,35-36H,3-4,6-7,10,13,15-19,22-26H2,1-2H3,(H,41,45)/b8-5+/t27-,28+,31+,32-,35-,36-/m0/s1. The van der Waals surface area contributed by atoms with Crippen molar-refractivity contribution >= 4 is 33.2 Å². The summed E-state index contributed by atoms with van der Waals surface area (Å²) in [6.07, 6.45) is 10.5. The number of hydrogen-bond acceptors (Lipinski definition) is 8. The summed E-state index contributed by atoms with van der Waals surface area (Å²) in [5.41, 5.74) is 3.49. The van der Waals surface area contributed by atoms with Gasteiger partial charge in [0.2, 0.25) is 10.0 Å². The smallest absolute Gasteiger partial charge is 0.264 e. The Bertz CT molecular complexity index is 1670. The van der Waals surface area contributed by atoms with Gasteiger partial charge in [-0.2, -0.15) is 0 Å². The Balaban J connectivity index is 1.21. The van der Waals surface area contributed by atoms with E-state index in [0.29, 0.717) is 48.1 Å².